The minimum absolute atomic E-state index is 0.664. The Bertz CT molecular complexity index is 319. The Morgan fingerprint density at radius 3 is 1.61 bits per heavy atom. The largest absolute Gasteiger partial charge is 0.198 e. The van der Waals surface area contributed by atoms with Gasteiger partial charge in [0.15, 0.2) is 0 Å². The Morgan fingerprint density at radius 2 is 1.33 bits per heavy atom. The maximum absolute atomic E-state index is 8.72. The Balaban J connectivity index is 4.97. The fraction of sp³-hybridized carbons (Fsp3) is 0.562. The van der Waals surface area contributed by atoms with Gasteiger partial charge in [0.1, 0.15) is 0 Å². The van der Waals surface area contributed by atoms with Crippen molar-refractivity contribution in [2.24, 2.45) is 0 Å². The quantitative estimate of drug-likeness (QED) is 0.307. The standard InChI is InChI=1S/C16H27NSi/c1-14(2)11-18(12-15(3)4,13-16(5)6)10-8-7-9-17/h1,3,5,7-8,10-13H2,2,4,6H3. The lowest BCUT2D eigenvalue weighted by atomic mass is 10.4. The molecule has 0 bridgehead atoms. The molecule has 0 radical (unpaired) electrons. The van der Waals surface area contributed by atoms with E-state index in [1.54, 1.807) is 0 Å². The fourth-order valence-corrected chi connectivity index (χ4v) is 8.59. The molecule has 0 aliphatic heterocycles. The highest BCUT2D eigenvalue weighted by atomic mass is 28.3. The minimum atomic E-state index is -1.47. The molecule has 0 aromatic heterocycles. The van der Waals surface area contributed by atoms with Crippen LogP contribution in [0.5, 0.6) is 0 Å². The first-order valence-corrected chi connectivity index (χ1v) is 9.44. The molecule has 0 rings (SSSR count). The first-order valence-electron chi connectivity index (χ1n) is 6.61. The second kappa shape index (κ2) is 8.10. The second-order valence-corrected chi connectivity index (χ2v) is 10.5. The molecule has 1 nitrogen and oxygen atoms in total. The summed E-state index contributed by atoms with van der Waals surface area (Å²) in [7, 11) is -1.47. The van der Waals surface area contributed by atoms with Crippen LogP contribution in [0.15, 0.2) is 36.5 Å². The van der Waals surface area contributed by atoms with Crippen molar-refractivity contribution in [3.8, 4) is 6.07 Å². The molecule has 0 unspecified atom stereocenters. The maximum atomic E-state index is 8.72. The summed E-state index contributed by atoms with van der Waals surface area (Å²) in [5, 5.41) is 8.72. The van der Waals surface area contributed by atoms with Gasteiger partial charge in [-0.1, -0.05) is 22.8 Å². The normalized spacial score (nSPS) is 10.8. The summed E-state index contributed by atoms with van der Waals surface area (Å²) in [6.45, 7) is 18.6. The molecule has 0 aliphatic rings. The summed E-state index contributed by atoms with van der Waals surface area (Å²) in [5.41, 5.74) is 3.79. The smallest absolute Gasteiger partial charge is 0.0656 e. The summed E-state index contributed by atoms with van der Waals surface area (Å²) in [4.78, 5) is 0. The van der Waals surface area contributed by atoms with Gasteiger partial charge in [-0.3, -0.25) is 0 Å². The van der Waals surface area contributed by atoms with E-state index >= 15 is 0 Å². The first-order chi connectivity index (χ1) is 8.31. The Morgan fingerprint density at radius 1 is 0.944 bits per heavy atom. The van der Waals surface area contributed by atoms with Gasteiger partial charge in [0.25, 0.3) is 0 Å². The molecule has 0 N–H and O–H groups in total. The van der Waals surface area contributed by atoms with Crippen LogP contribution in [0.25, 0.3) is 0 Å². The fourth-order valence-electron chi connectivity index (χ4n) is 2.92. The van der Waals surface area contributed by atoms with Crippen molar-refractivity contribution < 1.29 is 0 Å². The van der Waals surface area contributed by atoms with Crippen molar-refractivity contribution in [3.05, 3.63) is 36.5 Å². The van der Waals surface area contributed by atoms with E-state index in [0.29, 0.717) is 6.42 Å². The minimum Gasteiger partial charge on any atom is -0.198 e. The van der Waals surface area contributed by atoms with Crippen LogP contribution in [0, 0.1) is 11.3 Å². The van der Waals surface area contributed by atoms with Gasteiger partial charge in [0.05, 0.1) is 14.1 Å². The number of nitrogens with zero attached hydrogens (tertiary/aromatic N) is 1. The Labute approximate surface area is 114 Å². The van der Waals surface area contributed by atoms with Crippen LogP contribution in [0.3, 0.4) is 0 Å². The van der Waals surface area contributed by atoms with E-state index in [2.05, 4.69) is 46.6 Å². The number of nitriles is 1. The van der Waals surface area contributed by atoms with Crippen LogP contribution in [0.4, 0.5) is 0 Å². The highest BCUT2D eigenvalue weighted by Crippen LogP contribution is 2.35. The van der Waals surface area contributed by atoms with E-state index < -0.39 is 8.07 Å². The van der Waals surface area contributed by atoms with Crippen LogP contribution in [0.1, 0.15) is 33.6 Å². The van der Waals surface area contributed by atoms with E-state index in [1.165, 1.54) is 22.8 Å². The summed E-state index contributed by atoms with van der Waals surface area (Å²) in [5.74, 6) is 0. The average Bonchev–Trinajstić information content (AvgIpc) is 2.13. The highest BCUT2D eigenvalue weighted by Gasteiger charge is 2.32. The molecule has 0 atom stereocenters. The highest BCUT2D eigenvalue weighted by molar-refractivity contribution is 6.81. The number of unbranched alkanes of at least 4 members (excludes halogenated alkanes) is 1. The molecule has 0 aromatic carbocycles. The van der Waals surface area contributed by atoms with E-state index in [9.17, 15) is 0 Å². The van der Waals surface area contributed by atoms with Gasteiger partial charge in [-0.25, -0.2) is 0 Å². The van der Waals surface area contributed by atoms with Crippen LogP contribution in [0.2, 0.25) is 24.2 Å². The monoisotopic (exact) mass is 261 g/mol. The van der Waals surface area contributed by atoms with Crippen LogP contribution in [-0.4, -0.2) is 8.07 Å². The molecule has 2 heteroatoms. The molecule has 0 saturated heterocycles. The van der Waals surface area contributed by atoms with Gasteiger partial charge in [0, 0.05) is 6.42 Å². The zero-order chi connectivity index (χ0) is 14.2. The molecule has 0 aromatic rings. The van der Waals surface area contributed by atoms with Crippen LogP contribution < -0.4 is 0 Å². The number of hydrogen-bond acceptors (Lipinski definition) is 1. The van der Waals surface area contributed by atoms with Crippen molar-refractivity contribution in [2.75, 3.05) is 0 Å². The summed E-state index contributed by atoms with van der Waals surface area (Å²) < 4.78 is 0. The number of allylic oxidation sites excluding steroid dienone is 3. The molecular formula is C16H27NSi. The molecule has 0 amide bonds. The molecule has 0 aliphatic carbocycles. The van der Waals surface area contributed by atoms with Crippen molar-refractivity contribution >= 4 is 8.07 Å². The lowest BCUT2D eigenvalue weighted by molar-refractivity contribution is 0.922. The van der Waals surface area contributed by atoms with E-state index in [0.717, 1.165) is 24.6 Å². The maximum Gasteiger partial charge on any atom is 0.0656 e. The van der Waals surface area contributed by atoms with Crippen molar-refractivity contribution in [1.82, 2.24) is 0 Å². The molecule has 0 fully saturated rings. The SMILES string of the molecule is C=C(C)C[Si](CCCC#N)(CC(=C)C)CC(=C)C. The first kappa shape index (κ1) is 16.9. The number of rotatable bonds is 9. The topological polar surface area (TPSA) is 23.8 Å². The van der Waals surface area contributed by atoms with Gasteiger partial charge in [-0.2, -0.15) is 5.26 Å². The molecule has 0 heterocycles. The number of hydrogen-bond donors (Lipinski definition) is 0. The van der Waals surface area contributed by atoms with Crippen molar-refractivity contribution in [3.63, 3.8) is 0 Å². The van der Waals surface area contributed by atoms with E-state index in [1.807, 2.05) is 0 Å². The summed E-state index contributed by atoms with van der Waals surface area (Å²) >= 11 is 0. The van der Waals surface area contributed by atoms with Gasteiger partial charge < -0.3 is 0 Å². The van der Waals surface area contributed by atoms with Crippen LogP contribution in [-0.2, 0) is 0 Å². The van der Waals surface area contributed by atoms with Crippen LogP contribution >= 0.6 is 0 Å². The Hall–Kier alpha value is -1.07. The molecule has 0 saturated carbocycles. The molecule has 18 heavy (non-hydrogen) atoms. The molecular weight excluding hydrogens is 234 g/mol. The van der Waals surface area contributed by atoms with E-state index in [4.69, 9.17) is 5.26 Å². The third-order valence-electron chi connectivity index (χ3n) is 3.03. The predicted octanol–water partition coefficient (Wildman–Crippen LogP) is 5.47. The van der Waals surface area contributed by atoms with E-state index in [-0.39, 0.29) is 0 Å². The van der Waals surface area contributed by atoms with Gasteiger partial charge in [0.2, 0.25) is 0 Å². The average molecular weight is 261 g/mol. The summed E-state index contributed by atoms with van der Waals surface area (Å²) in [6, 6.07) is 6.85. The van der Waals surface area contributed by atoms with Crippen molar-refractivity contribution in [1.29, 1.82) is 5.26 Å². The zero-order valence-electron chi connectivity index (χ0n) is 12.3. The molecule has 100 valence electrons. The summed E-state index contributed by atoms with van der Waals surface area (Å²) in [6.07, 6.45) is 1.67. The third-order valence-corrected chi connectivity index (χ3v) is 8.50. The predicted molar refractivity (Wildman–Crippen MR) is 84.3 cm³/mol. The lowest BCUT2D eigenvalue weighted by Crippen LogP contribution is -2.34. The molecule has 0 spiro atoms. The Kier molecular flexibility index (Phi) is 7.62. The lowest BCUT2D eigenvalue weighted by Gasteiger charge is -2.33. The van der Waals surface area contributed by atoms with Crippen molar-refractivity contribution in [2.45, 2.75) is 57.8 Å². The second-order valence-electron chi connectivity index (χ2n) is 5.91. The van der Waals surface area contributed by atoms with Gasteiger partial charge in [-0.15, -0.1) is 19.7 Å². The van der Waals surface area contributed by atoms with Gasteiger partial charge >= 0.3 is 0 Å². The third kappa shape index (κ3) is 7.29. The van der Waals surface area contributed by atoms with Gasteiger partial charge in [-0.05, 0) is 45.3 Å². The zero-order valence-corrected chi connectivity index (χ0v) is 13.3.